The molecule has 1 heterocycles. The Bertz CT molecular complexity index is 499. The van der Waals surface area contributed by atoms with Gasteiger partial charge in [0.05, 0.1) is 6.42 Å². The molecule has 2 N–H and O–H groups in total. The lowest BCUT2D eigenvalue weighted by Gasteiger charge is -2.10. The summed E-state index contributed by atoms with van der Waals surface area (Å²) in [5.74, 6) is 0.138. The second kappa shape index (κ2) is 5.84. The van der Waals surface area contributed by atoms with Crippen LogP contribution in [0.4, 0.5) is 5.69 Å². The van der Waals surface area contributed by atoms with E-state index in [4.69, 9.17) is 0 Å². The molecule has 0 saturated heterocycles. The lowest BCUT2D eigenvalue weighted by atomic mass is 10.0. The van der Waals surface area contributed by atoms with Crippen LogP contribution in [0.3, 0.4) is 0 Å². The maximum atomic E-state index is 11.6. The summed E-state index contributed by atoms with van der Waals surface area (Å²) in [6.45, 7) is 0. The molecule has 0 bridgehead atoms. The molecule has 2 rings (SSSR count). The molecular weight excluding hydrogens is 242 g/mol. The Balaban J connectivity index is 1.91. The Morgan fingerprint density at radius 3 is 2.95 bits per heavy atom. The van der Waals surface area contributed by atoms with Crippen LogP contribution in [-0.4, -0.2) is 25.9 Å². The topological polar surface area (TPSA) is 61.4 Å². The molecule has 0 aromatic heterocycles. The number of rotatable bonds is 5. The van der Waals surface area contributed by atoms with E-state index in [1.165, 1.54) is 5.56 Å². The Morgan fingerprint density at radius 2 is 2.21 bits per heavy atom. The molecule has 0 atom stereocenters. The number of carbonyl (C=O) groups excluding carboxylic acids is 2. The van der Waals surface area contributed by atoms with Crippen molar-refractivity contribution in [3.05, 3.63) is 29.3 Å². The molecule has 1 aromatic carbocycles. The van der Waals surface area contributed by atoms with Crippen molar-refractivity contribution in [1.29, 1.82) is 0 Å². The Kier molecular flexibility index (Phi) is 4.16. The average molecular weight is 261 g/mol. The van der Waals surface area contributed by atoms with Gasteiger partial charge in [0.1, 0.15) is 0 Å². The molecule has 2 amide bonds. The van der Waals surface area contributed by atoms with E-state index in [2.05, 4.69) is 16.9 Å². The van der Waals surface area contributed by atoms with Gasteiger partial charge in [-0.3, -0.25) is 15.0 Å². The molecular formula is C14H19N3O2. The van der Waals surface area contributed by atoms with Gasteiger partial charge in [0.25, 0.3) is 0 Å². The minimum atomic E-state index is -0.00132. The second-order valence-corrected chi connectivity index (χ2v) is 4.74. The van der Waals surface area contributed by atoms with Gasteiger partial charge in [-0.05, 0) is 30.0 Å². The van der Waals surface area contributed by atoms with Crippen molar-refractivity contribution in [2.24, 2.45) is 0 Å². The minimum Gasteiger partial charge on any atom is -0.315 e. The van der Waals surface area contributed by atoms with Gasteiger partial charge in [0.15, 0.2) is 0 Å². The van der Waals surface area contributed by atoms with Crippen LogP contribution in [0.15, 0.2) is 18.2 Å². The summed E-state index contributed by atoms with van der Waals surface area (Å²) in [6, 6.07) is 6.10. The lowest BCUT2D eigenvalue weighted by Crippen LogP contribution is -2.33. The number of nitrogens with zero attached hydrogens (tertiary/aromatic N) is 1. The standard InChI is InChI=1S/C14H19N3O2/c1-15-16-13(18)5-3-4-10-6-7-12-11(8-10)9-14(19)17(12)2/h6-8,15H,3-5,9H2,1-2H3,(H,16,18). The van der Waals surface area contributed by atoms with Crippen molar-refractivity contribution in [2.45, 2.75) is 25.7 Å². The molecule has 1 aromatic rings. The number of likely N-dealkylation sites (N-methyl/N-ethyl adjacent to an activating group) is 1. The number of hydrazine groups is 1. The first-order valence-electron chi connectivity index (χ1n) is 6.45. The zero-order valence-corrected chi connectivity index (χ0v) is 11.3. The summed E-state index contributed by atoms with van der Waals surface area (Å²) in [5, 5.41) is 0. The van der Waals surface area contributed by atoms with Crippen LogP contribution in [0.1, 0.15) is 24.0 Å². The molecule has 102 valence electrons. The first-order valence-corrected chi connectivity index (χ1v) is 6.45. The third-order valence-corrected chi connectivity index (χ3v) is 3.35. The number of benzene rings is 1. The largest absolute Gasteiger partial charge is 0.315 e. The fourth-order valence-electron chi connectivity index (χ4n) is 2.33. The summed E-state index contributed by atoms with van der Waals surface area (Å²) in [6.07, 6.45) is 2.63. The molecule has 0 spiro atoms. The molecule has 5 nitrogen and oxygen atoms in total. The van der Waals surface area contributed by atoms with E-state index in [9.17, 15) is 9.59 Å². The number of hydrogen-bond donors (Lipinski definition) is 2. The normalized spacial score (nSPS) is 13.6. The van der Waals surface area contributed by atoms with Gasteiger partial charge in [0.2, 0.25) is 11.8 Å². The van der Waals surface area contributed by atoms with E-state index in [-0.39, 0.29) is 11.8 Å². The highest BCUT2D eigenvalue weighted by molar-refractivity contribution is 6.00. The Hall–Kier alpha value is -1.88. The smallest absolute Gasteiger partial charge is 0.234 e. The second-order valence-electron chi connectivity index (χ2n) is 4.74. The number of fused-ring (bicyclic) bond motifs is 1. The van der Waals surface area contributed by atoms with E-state index in [1.807, 2.05) is 12.1 Å². The zero-order valence-electron chi connectivity index (χ0n) is 11.3. The van der Waals surface area contributed by atoms with Crippen LogP contribution >= 0.6 is 0 Å². The molecule has 19 heavy (non-hydrogen) atoms. The van der Waals surface area contributed by atoms with E-state index >= 15 is 0 Å². The van der Waals surface area contributed by atoms with E-state index in [0.717, 1.165) is 24.1 Å². The minimum absolute atomic E-state index is 0.00132. The first-order chi connectivity index (χ1) is 9.11. The van der Waals surface area contributed by atoms with Gasteiger partial charge in [-0.25, -0.2) is 5.43 Å². The molecule has 0 unspecified atom stereocenters. The highest BCUT2D eigenvalue weighted by Crippen LogP contribution is 2.28. The monoisotopic (exact) mass is 261 g/mol. The third-order valence-electron chi connectivity index (χ3n) is 3.35. The van der Waals surface area contributed by atoms with Crippen LogP contribution in [0.2, 0.25) is 0 Å². The third kappa shape index (κ3) is 3.12. The number of carbonyl (C=O) groups is 2. The van der Waals surface area contributed by atoms with Crippen molar-refractivity contribution in [1.82, 2.24) is 10.9 Å². The Labute approximate surface area is 112 Å². The van der Waals surface area contributed by atoms with E-state index < -0.39 is 0 Å². The summed E-state index contributed by atoms with van der Waals surface area (Å²) < 4.78 is 0. The molecule has 1 aliphatic rings. The van der Waals surface area contributed by atoms with Crippen molar-refractivity contribution in [3.8, 4) is 0 Å². The van der Waals surface area contributed by atoms with Gasteiger partial charge in [-0.1, -0.05) is 12.1 Å². The predicted octanol–water partition coefficient (Wildman–Crippen LogP) is 0.779. The summed E-state index contributed by atoms with van der Waals surface area (Å²) in [4.78, 5) is 24.6. The quantitative estimate of drug-likeness (QED) is 0.770. The molecule has 0 saturated carbocycles. The number of amides is 2. The van der Waals surface area contributed by atoms with Crippen LogP contribution in [0.5, 0.6) is 0 Å². The van der Waals surface area contributed by atoms with Crippen molar-refractivity contribution < 1.29 is 9.59 Å². The number of aryl methyl sites for hydroxylation is 1. The maximum absolute atomic E-state index is 11.6. The van der Waals surface area contributed by atoms with Gasteiger partial charge >= 0.3 is 0 Å². The SMILES string of the molecule is CNNC(=O)CCCc1ccc2c(c1)CC(=O)N2C. The molecule has 0 radical (unpaired) electrons. The van der Waals surface area contributed by atoms with Gasteiger partial charge in [-0.15, -0.1) is 0 Å². The van der Waals surface area contributed by atoms with Gasteiger partial charge in [0, 0.05) is 26.2 Å². The average Bonchev–Trinajstić information content (AvgIpc) is 2.65. The van der Waals surface area contributed by atoms with Crippen LogP contribution in [-0.2, 0) is 22.4 Å². The summed E-state index contributed by atoms with van der Waals surface area (Å²) >= 11 is 0. The predicted molar refractivity (Wildman–Crippen MR) is 73.7 cm³/mol. The molecule has 0 fully saturated rings. The highest BCUT2D eigenvalue weighted by atomic mass is 16.2. The van der Waals surface area contributed by atoms with Gasteiger partial charge < -0.3 is 4.90 Å². The maximum Gasteiger partial charge on any atom is 0.234 e. The van der Waals surface area contributed by atoms with Gasteiger partial charge in [-0.2, -0.15) is 0 Å². The van der Waals surface area contributed by atoms with Crippen molar-refractivity contribution in [2.75, 3.05) is 19.0 Å². The Morgan fingerprint density at radius 1 is 1.42 bits per heavy atom. The van der Waals surface area contributed by atoms with Crippen LogP contribution < -0.4 is 15.8 Å². The zero-order chi connectivity index (χ0) is 13.8. The van der Waals surface area contributed by atoms with Crippen LogP contribution in [0, 0.1) is 0 Å². The lowest BCUT2D eigenvalue weighted by molar-refractivity contribution is -0.122. The van der Waals surface area contributed by atoms with E-state index in [1.54, 1.807) is 19.0 Å². The van der Waals surface area contributed by atoms with Crippen LogP contribution in [0.25, 0.3) is 0 Å². The molecule has 5 heteroatoms. The molecule has 0 aliphatic carbocycles. The van der Waals surface area contributed by atoms with Crippen molar-refractivity contribution in [3.63, 3.8) is 0 Å². The first kappa shape index (κ1) is 13.5. The number of hydrogen-bond acceptors (Lipinski definition) is 3. The summed E-state index contributed by atoms with van der Waals surface area (Å²) in [5.41, 5.74) is 8.43. The van der Waals surface area contributed by atoms with E-state index in [0.29, 0.717) is 12.8 Å². The fraction of sp³-hybridized carbons (Fsp3) is 0.429. The fourth-order valence-corrected chi connectivity index (χ4v) is 2.33. The summed E-state index contributed by atoms with van der Waals surface area (Å²) in [7, 11) is 3.47. The van der Waals surface area contributed by atoms with Crippen molar-refractivity contribution >= 4 is 17.5 Å². The number of nitrogens with one attached hydrogen (secondary N) is 2. The number of anilines is 1. The highest BCUT2D eigenvalue weighted by Gasteiger charge is 2.23. The molecule has 1 aliphatic heterocycles.